The van der Waals surface area contributed by atoms with E-state index >= 15 is 0 Å². The molecule has 1 aliphatic rings. The van der Waals surface area contributed by atoms with Gasteiger partial charge in [-0.2, -0.15) is 11.8 Å². The largest absolute Gasteiger partial charge is 0.303 e. The molecule has 1 aromatic rings. The van der Waals surface area contributed by atoms with Crippen molar-refractivity contribution in [2.24, 2.45) is 0 Å². The van der Waals surface area contributed by atoms with Gasteiger partial charge in [-0.05, 0) is 25.3 Å². The van der Waals surface area contributed by atoms with E-state index in [1.807, 2.05) is 11.3 Å². The lowest BCUT2D eigenvalue weighted by Gasteiger charge is -2.36. The van der Waals surface area contributed by atoms with E-state index in [4.69, 9.17) is 0 Å². The van der Waals surface area contributed by atoms with Crippen molar-refractivity contribution in [3.8, 4) is 0 Å². The van der Waals surface area contributed by atoms with Gasteiger partial charge in [0, 0.05) is 21.9 Å². The maximum atomic E-state index is 3.68. The van der Waals surface area contributed by atoms with E-state index in [0.29, 0.717) is 6.04 Å². The SMILES string of the molecule is CC1(C)CSCC(c2cccs2)N1. The van der Waals surface area contributed by atoms with Crippen molar-refractivity contribution < 1.29 is 0 Å². The standard InChI is InChI=1S/C10H15NS2/c1-10(2)7-12-6-8(11-10)9-4-3-5-13-9/h3-5,8,11H,6-7H2,1-2H3. The van der Waals surface area contributed by atoms with E-state index in [-0.39, 0.29) is 5.54 Å². The fourth-order valence-electron chi connectivity index (χ4n) is 1.63. The summed E-state index contributed by atoms with van der Waals surface area (Å²) in [7, 11) is 0. The van der Waals surface area contributed by atoms with Gasteiger partial charge in [-0.1, -0.05) is 6.07 Å². The molecule has 1 aliphatic heterocycles. The monoisotopic (exact) mass is 213 g/mol. The van der Waals surface area contributed by atoms with Gasteiger partial charge >= 0.3 is 0 Å². The molecule has 1 aromatic heterocycles. The minimum absolute atomic E-state index is 0.289. The van der Waals surface area contributed by atoms with E-state index in [1.165, 1.54) is 16.4 Å². The van der Waals surface area contributed by atoms with E-state index in [2.05, 4.69) is 48.4 Å². The number of nitrogens with one attached hydrogen (secondary N) is 1. The molecule has 1 fully saturated rings. The van der Waals surface area contributed by atoms with Gasteiger partial charge in [-0.15, -0.1) is 11.3 Å². The van der Waals surface area contributed by atoms with Gasteiger partial charge in [-0.3, -0.25) is 0 Å². The van der Waals surface area contributed by atoms with Crippen LogP contribution in [0.5, 0.6) is 0 Å². The predicted molar refractivity (Wildman–Crippen MR) is 61.6 cm³/mol. The molecule has 1 nitrogen and oxygen atoms in total. The summed E-state index contributed by atoms with van der Waals surface area (Å²) in [5.41, 5.74) is 0.289. The van der Waals surface area contributed by atoms with E-state index < -0.39 is 0 Å². The number of thiophene rings is 1. The third-order valence-corrected chi connectivity index (χ3v) is 4.68. The highest BCUT2D eigenvalue weighted by Crippen LogP contribution is 2.31. The summed E-state index contributed by atoms with van der Waals surface area (Å²) in [6.07, 6.45) is 0. The van der Waals surface area contributed by atoms with Crippen LogP contribution in [0.15, 0.2) is 17.5 Å². The summed E-state index contributed by atoms with van der Waals surface area (Å²) >= 11 is 3.91. The molecular formula is C10H15NS2. The molecule has 0 saturated carbocycles. The molecule has 1 saturated heterocycles. The first-order valence-corrected chi connectivity index (χ1v) is 6.60. The zero-order valence-corrected chi connectivity index (χ0v) is 9.67. The highest BCUT2D eigenvalue weighted by Gasteiger charge is 2.28. The normalized spacial score (nSPS) is 27.4. The minimum atomic E-state index is 0.289. The molecule has 3 heteroatoms. The summed E-state index contributed by atoms with van der Waals surface area (Å²) in [5, 5.41) is 5.84. The van der Waals surface area contributed by atoms with Gasteiger partial charge in [0.25, 0.3) is 0 Å². The Labute approximate surface area is 87.9 Å². The first-order valence-electron chi connectivity index (χ1n) is 4.56. The topological polar surface area (TPSA) is 12.0 Å². The van der Waals surface area contributed by atoms with Gasteiger partial charge in [-0.25, -0.2) is 0 Å². The van der Waals surface area contributed by atoms with Gasteiger partial charge in [0.05, 0.1) is 6.04 Å². The Morgan fingerprint density at radius 2 is 2.38 bits per heavy atom. The molecule has 1 N–H and O–H groups in total. The quantitative estimate of drug-likeness (QED) is 0.770. The van der Waals surface area contributed by atoms with Gasteiger partial charge in [0.2, 0.25) is 0 Å². The number of hydrogen-bond acceptors (Lipinski definition) is 3. The van der Waals surface area contributed by atoms with Gasteiger partial charge in [0.15, 0.2) is 0 Å². The molecule has 0 spiro atoms. The van der Waals surface area contributed by atoms with Crippen molar-refractivity contribution in [2.45, 2.75) is 25.4 Å². The van der Waals surface area contributed by atoms with Crippen LogP contribution in [0.4, 0.5) is 0 Å². The first kappa shape index (κ1) is 9.56. The second kappa shape index (κ2) is 3.64. The first-order chi connectivity index (χ1) is 6.17. The molecule has 0 amide bonds. The average Bonchev–Trinajstić information content (AvgIpc) is 2.53. The van der Waals surface area contributed by atoms with Crippen molar-refractivity contribution in [1.29, 1.82) is 0 Å². The van der Waals surface area contributed by atoms with Gasteiger partial charge in [0.1, 0.15) is 0 Å². The molecule has 2 rings (SSSR count). The molecule has 0 radical (unpaired) electrons. The van der Waals surface area contributed by atoms with Crippen molar-refractivity contribution in [1.82, 2.24) is 5.32 Å². The summed E-state index contributed by atoms with van der Waals surface area (Å²) in [6.45, 7) is 4.56. The maximum absolute atomic E-state index is 3.68. The maximum Gasteiger partial charge on any atom is 0.0510 e. The second-order valence-electron chi connectivity index (χ2n) is 4.11. The summed E-state index contributed by atoms with van der Waals surface area (Å²) < 4.78 is 0. The zero-order chi connectivity index (χ0) is 9.31. The smallest absolute Gasteiger partial charge is 0.0510 e. The Bertz CT molecular complexity index is 266. The van der Waals surface area contributed by atoms with Crippen molar-refractivity contribution in [2.75, 3.05) is 11.5 Å². The Hall–Kier alpha value is 0.01000. The second-order valence-corrected chi connectivity index (χ2v) is 6.12. The molecule has 0 aromatic carbocycles. The van der Waals surface area contributed by atoms with Crippen molar-refractivity contribution in [3.63, 3.8) is 0 Å². The molecule has 0 bridgehead atoms. The van der Waals surface area contributed by atoms with Crippen molar-refractivity contribution in [3.05, 3.63) is 22.4 Å². The van der Waals surface area contributed by atoms with Gasteiger partial charge < -0.3 is 5.32 Å². The van der Waals surface area contributed by atoms with E-state index in [1.54, 1.807) is 0 Å². The van der Waals surface area contributed by atoms with E-state index in [0.717, 1.165) is 0 Å². The fraction of sp³-hybridized carbons (Fsp3) is 0.600. The molecule has 13 heavy (non-hydrogen) atoms. The summed E-state index contributed by atoms with van der Waals surface area (Å²) in [5.74, 6) is 2.43. The van der Waals surface area contributed by atoms with Crippen LogP contribution < -0.4 is 5.32 Å². The van der Waals surface area contributed by atoms with Crippen LogP contribution in [0.1, 0.15) is 24.8 Å². The Kier molecular flexibility index (Phi) is 2.67. The highest BCUT2D eigenvalue weighted by molar-refractivity contribution is 7.99. The third-order valence-electron chi connectivity index (χ3n) is 2.20. The lowest BCUT2D eigenvalue weighted by atomic mass is 10.1. The van der Waals surface area contributed by atoms with Crippen molar-refractivity contribution >= 4 is 23.1 Å². The number of thioether (sulfide) groups is 1. The lowest BCUT2D eigenvalue weighted by Crippen LogP contribution is -2.47. The predicted octanol–water partition coefficient (Wildman–Crippen LogP) is 2.90. The van der Waals surface area contributed by atoms with Crippen LogP contribution in [0.2, 0.25) is 0 Å². The Balaban J connectivity index is 2.09. The summed E-state index contributed by atoms with van der Waals surface area (Å²) in [6, 6.07) is 4.92. The van der Waals surface area contributed by atoms with Crippen LogP contribution in [0.3, 0.4) is 0 Å². The fourth-order valence-corrected chi connectivity index (χ4v) is 3.72. The molecular weight excluding hydrogens is 198 g/mol. The molecule has 1 atom stereocenters. The average molecular weight is 213 g/mol. The minimum Gasteiger partial charge on any atom is -0.303 e. The summed E-state index contributed by atoms with van der Waals surface area (Å²) in [4.78, 5) is 1.47. The van der Waals surface area contributed by atoms with Crippen LogP contribution >= 0.6 is 23.1 Å². The van der Waals surface area contributed by atoms with Crippen LogP contribution in [0.25, 0.3) is 0 Å². The third kappa shape index (κ3) is 2.27. The molecule has 1 unspecified atom stereocenters. The number of rotatable bonds is 1. The van der Waals surface area contributed by atoms with Crippen LogP contribution in [-0.2, 0) is 0 Å². The lowest BCUT2D eigenvalue weighted by molar-refractivity contribution is 0.379. The Morgan fingerprint density at radius 3 is 3.00 bits per heavy atom. The van der Waals surface area contributed by atoms with E-state index in [9.17, 15) is 0 Å². The molecule has 72 valence electrons. The molecule has 2 heterocycles. The zero-order valence-electron chi connectivity index (χ0n) is 8.04. The van der Waals surface area contributed by atoms with Crippen LogP contribution in [0, 0.1) is 0 Å². The number of hydrogen-bond donors (Lipinski definition) is 1. The highest BCUT2D eigenvalue weighted by atomic mass is 32.2. The Morgan fingerprint density at radius 1 is 1.54 bits per heavy atom. The molecule has 0 aliphatic carbocycles. The van der Waals surface area contributed by atoms with Crippen LogP contribution in [-0.4, -0.2) is 17.0 Å².